The molecule has 2 aromatic heterocycles. The van der Waals surface area contributed by atoms with Gasteiger partial charge in [-0.1, -0.05) is 121 Å². The van der Waals surface area contributed by atoms with Gasteiger partial charge in [0.1, 0.15) is 11.2 Å². The number of nitrogens with zero attached hydrogens (tertiary/aromatic N) is 1. The fourth-order valence-electron chi connectivity index (χ4n) is 7.40. The lowest BCUT2D eigenvalue weighted by Gasteiger charge is -2.26. The largest absolute Gasteiger partial charge is 0.456 e. The Labute approximate surface area is 287 Å². The van der Waals surface area contributed by atoms with Gasteiger partial charge in [0.25, 0.3) is 0 Å². The molecule has 0 saturated carbocycles. The van der Waals surface area contributed by atoms with Crippen LogP contribution in [0.1, 0.15) is 0 Å². The highest BCUT2D eigenvalue weighted by atomic mass is 32.1. The highest BCUT2D eigenvalue weighted by Crippen LogP contribution is 2.43. The maximum absolute atomic E-state index is 6.26. The minimum absolute atomic E-state index is 0.903. The summed E-state index contributed by atoms with van der Waals surface area (Å²) in [6.45, 7) is 0. The number of benzene rings is 8. The first-order chi connectivity index (χ1) is 24.3. The Hall–Kier alpha value is -6.16. The zero-order valence-corrected chi connectivity index (χ0v) is 27.3. The molecular formula is C46H29NOS. The summed E-state index contributed by atoms with van der Waals surface area (Å²) in [4.78, 5) is 2.38. The molecule has 0 N–H and O–H groups in total. The van der Waals surface area contributed by atoms with Crippen LogP contribution in [0.25, 0.3) is 75.1 Å². The Kier molecular flexibility index (Phi) is 6.39. The smallest absolute Gasteiger partial charge is 0.136 e. The van der Waals surface area contributed by atoms with E-state index in [0.29, 0.717) is 0 Å². The van der Waals surface area contributed by atoms with Crippen LogP contribution in [-0.4, -0.2) is 0 Å². The molecular weight excluding hydrogens is 615 g/mol. The van der Waals surface area contributed by atoms with E-state index in [-0.39, 0.29) is 0 Å². The highest BCUT2D eigenvalue weighted by Gasteiger charge is 2.18. The zero-order chi connectivity index (χ0) is 32.3. The molecule has 10 aromatic rings. The van der Waals surface area contributed by atoms with Gasteiger partial charge in [0.15, 0.2) is 0 Å². The van der Waals surface area contributed by atoms with Crippen molar-refractivity contribution < 1.29 is 4.42 Å². The van der Waals surface area contributed by atoms with E-state index in [2.05, 4.69) is 169 Å². The second kappa shape index (κ2) is 11.2. The van der Waals surface area contributed by atoms with Crippen molar-refractivity contribution in [1.29, 1.82) is 0 Å². The summed E-state index contributed by atoms with van der Waals surface area (Å²) in [6.07, 6.45) is 0. The number of hydrogen-bond acceptors (Lipinski definition) is 3. The molecule has 2 heterocycles. The average molecular weight is 644 g/mol. The molecule has 49 heavy (non-hydrogen) atoms. The van der Waals surface area contributed by atoms with E-state index in [0.717, 1.165) is 50.1 Å². The third-order valence-electron chi connectivity index (χ3n) is 9.66. The molecule has 0 radical (unpaired) electrons. The molecule has 3 heteroatoms. The number of hydrogen-bond donors (Lipinski definition) is 0. The number of anilines is 3. The summed E-state index contributed by atoms with van der Waals surface area (Å²) < 4.78 is 8.85. The maximum Gasteiger partial charge on any atom is 0.136 e. The molecule has 8 aromatic carbocycles. The molecule has 0 saturated heterocycles. The molecule has 0 aliphatic heterocycles. The summed E-state index contributed by atoms with van der Waals surface area (Å²) in [5, 5.41) is 7.39. The van der Waals surface area contributed by atoms with Crippen molar-refractivity contribution in [2.24, 2.45) is 0 Å². The molecule has 0 bridgehead atoms. The topological polar surface area (TPSA) is 16.4 Å². The Morgan fingerprint density at radius 3 is 1.96 bits per heavy atom. The second-order valence-corrected chi connectivity index (χ2v) is 13.6. The third-order valence-corrected chi connectivity index (χ3v) is 10.8. The second-order valence-electron chi connectivity index (χ2n) is 12.5. The Balaban J connectivity index is 1.14. The maximum atomic E-state index is 6.26. The molecule has 0 fully saturated rings. The number of furan rings is 1. The summed E-state index contributed by atoms with van der Waals surface area (Å²) in [7, 11) is 0. The van der Waals surface area contributed by atoms with E-state index in [1.54, 1.807) is 0 Å². The number of para-hydroxylation sites is 1. The van der Waals surface area contributed by atoms with E-state index in [1.165, 1.54) is 42.1 Å². The number of rotatable bonds is 5. The molecule has 0 aliphatic rings. The van der Waals surface area contributed by atoms with E-state index in [9.17, 15) is 0 Å². The first-order valence-corrected chi connectivity index (χ1v) is 17.4. The fourth-order valence-corrected chi connectivity index (χ4v) is 8.53. The Morgan fingerprint density at radius 1 is 0.388 bits per heavy atom. The van der Waals surface area contributed by atoms with Crippen molar-refractivity contribution in [3.63, 3.8) is 0 Å². The van der Waals surface area contributed by atoms with E-state index in [4.69, 9.17) is 4.42 Å². The molecule has 0 spiro atoms. The molecule has 0 amide bonds. The van der Waals surface area contributed by atoms with Crippen LogP contribution in [-0.2, 0) is 0 Å². The van der Waals surface area contributed by atoms with Crippen LogP contribution >= 0.6 is 11.3 Å². The van der Waals surface area contributed by atoms with Crippen LogP contribution in [0.2, 0.25) is 0 Å². The Morgan fingerprint density at radius 2 is 1.04 bits per heavy atom. The van der Waals surface area contributed by atoms with E-state index < -0.39 is 0 Å². The van der Waals surface area contributed by atoms with Crippen molar-refractivity contribution >= 4 is 81.3 Å². The summed E-state index contributed by atoms with van der Waals surface area (Å²) in [5.41, 5.74) is 9.89. The molecule has 0 aliphatic carbocycles. The van der Waals surface area contributed by atoms with Crippen LogP contribution in [0.15, 0.2) is 180 Å². The quantitative estimate of drug-likeness (QED) is 0.186. The van der Waals surface area contributed by atoms with E-state index >= 15 is 0 Å². The predicted octanol–water partition coefficient (Wildman–Crippen LogP) is 13.9. The molecule has 10 rings (SSSR count). The summed E-state index contributed by atoms with van der Waals surface area (Å²) in [6, 6.07) is 63.3. The van der Waals surface area contributed by atoms with Gasteiger partial charge in [-0.3, -0.25) is 0 Å². The standard InChI is InChI=1S/C46H29NOS/c1-2-14-36-30(10-1)11-8-17-37(36)31-22-24-33(25-23-31)47(35-26-27-40-39-15-4-6-21-44(39)49-45(40)29-35)34-13-7-12-32(28-34)38-18-9-20-43-46(38)41-16-3-5-19-42(41)48-43/h1-29H. The molecule has 0 atom stereocenters. The molecule has 230 valence electrons. The average Bonchev–Trinajstić information content (AvgIpc) is 3.73. The normalized spacial score (nSPS) is 11.7. The van der Waals surface area contributed by atoms with Gasteiger partial charge in [-0.15, -0.1) is 11.3 Å². The van der Waals surface area contributed by atoms with Crippen LogP contribution in [0.4, 0.5) is 17.1 Å². The van der Waals surface area contributed by atoms with Crippen molar-refractivity contribution in [2.75, 3.05) is 4.90 Å². The molecule has 0 unspecified atom stereocenters. The first kappa shape index (κ1) is 27.9. The van der Waals surface area contributed by atoms with E-state index in [1.807, 2.05) is 23.5 Å². The van der Waals surface area contributed by atoms with Gasteiger partial charge in [0.2, 0.25) is 0 Å². The van der Waals surface area contributed by atoms with Crippen molar-refractivity contribution in [2.45, 2.75) is 0 Å². The summed E-state index contributed by atoms with van der Waals surface area (Å²) in [5.74, 6) is 0. The SMILES string of the molecule is c1cc(-c2cccc3oc4ccccc4c23)cc(N(c2ccc(-c3cccc4ccccc34)cc2)c2ccc3c(c2)sc2ccccc23)c1. The lowest BCUT2D eigenvalue weighted by atomic mass is 9.97. The van der Waals surface area contributed by atoms with Crippen LogP contribution in [0.5, 0.6) is 0 Å². The van der Waals surface area contributed by atoms with Crippen molar-refractivity contribution in [3.8, 4) is 22.3 Å². The van der Waals surface area contributed by atoms with Gasteiger partial charge >= 0.3 is 0 Å². The highest BCUT2D eigenvalue weighted by molar-refractivity contribution is 7.25. The predicted molar refractivity (Wildman–Crippen MR) is 210 cm³/mol. The van der Waals surface area contributed by atoms with Crippen LogP contribution in [0.3, 0.4) is 0 Å². The van der Waals surface area contributed by atoms with Crippen LogP contribution < -0.4 is 4.90 Å². The lowest BCUT2D eigenvalue weighted by molar-refractivity contribution is 0.669. The van der Waals surface area contributed by atoms with Gasteiger partial charge in [-0.2, -0.15) is 0 Å². The minimum Gasteiger partial charge on any atom is -0.456 e. The van der Waals surface area contributed by atoms with Gasteiger partial charge in [0.05, 0.1) is 0 Å². The third kappa shape index (κ3) is 4.62. The zero-order valence-electron chi connectivity index (χ0n) is 26.5. The van der Waals surface area contributed by atoms with Crippen molar-refractivity contribution in [1.82, 2.24) is 0 Å². The van der Waals surface area contributed by atoms with Gasteiger partial charge in [0, 0.05) is 48.0 Å². The van der Waals surface area contributed by atoms with Crippen LogP contribution in [0, 0.1) is 0 Å². The Bertz CT molecular complexity index is 2840. The van der Waals surface area contributed by atoms with Gasteiger partial charge in [-0.05, 0) is 87.6 Å². The minimum atomic E-state index is 0.903. The van der Waals surface area contributed by atoms with Crippen molar-refractivity contribution in [3.05, 3.63) is 176 Å². The van der Waals surface area contributed by atoms with Gasteiger partial charge in [-0.25, -0.2) is 0 Å². The number of thiophene rings is 1. The first-order valence-electron chi connectivity index (χ1n) is 16.6. The monoisotopic (exact) mass is 643 g/mol. The van der Waals surface area contributed by atoms with Gasteiger partial charge < -0.3 is 9.32 Å². The lowest BCUT2D eigenvalue weighted by Crippen LogP contribution is -2.10. The molecule has 2 nitrogen and oxygen atoms in total. The fraction of sp³-hybridized carbons (Fsp3) is 0. The summed E-state index contributed by atoms with van der Waals surface area (Å²) >= 11 is 1.85. The number of fused-ring (bicyclic) bond motifs is 7.